The fraction of sp³-hybridized carbons (Fsp3) is 0.400. The van der Waals surface area contributed by atoms with Gasteiger partial charge in [-0.25, -0.2) is 4.79 Å². The molecule has 1 aromatic heterocycles. The number of aromatic nitrogens is 2. The van der Waals surface area contributed by atoms with Gasteiger partial charge in [0.05, 0.1) is 11.2 Å². The molecule has 2 aromatic rings. The quantitative estimate of drug-likeness (QED) is 0.807. The maximum Gasteiger partial charge on any atom is 0.369 e. The lowest BCUT2D eigenvalue weighted by Gasteiger charge is -2.16. The predicted molar refractivity (Wildman–Crippen MR) is 83.9 cm³/mol. The summed E-state index contributed by atoms with van der Waals surface area (Å²) in [6.07, 6.45) is 0.906. The van der Waals surface area contributed by atoms with Crippen molar-refractivity contribution in [3.05, 3.63) is 39.4 Å². The average molecular weight is 292 g/mol. The molecule has 1 unspecified atom stereocenters. The van der Waals surface area contributed by atoms with Gasteiger partial charge in [-0.05, 0) is 44.4 Å². The molecule has 2 rings (SSSR count). The maximum atomic E-state index is 12.2. The molecule has 0 aliphatic carbocycles. The highest BCUT2D eigenvalue weighted by Gasteiger charge is 2.16. The molecule has 0 N–H and O–H groups in total. The van der Waals surface area contributed by atoms with Crippen LogP contribution in [0.25, 0.3) is 10.9 Å². The number of benzene rings is 1. The predicted octanol–water partition coefficient (Wildman–Crippen LogP) is 3.81. The summed E-state index contributed by atoms with van der Waals surface area (Å²) in [7, 11) is 0. The molecular weight excluding hydrogens is 274 g/mol. The van der Waals surface area contributed by atoms with E-state index in [-0.39, 0.29) is 11.6 Å². The minimum atomic E-state index is -0.351. The molecule has 4 nitrogen and oxygen atoms in total. The van der Waals surface area contributed by atoms with Crippen LogP contribution in [0.2, 0.25) is 5.02 Å². The van der Waals surface area contributed by atoms with Crippen LogP contribution in [0.5, 0.6) is 0 Å². The Hall–Kier alpha value is -1.68. The fourth-order valence-corrected chi connectivity index (χ4v) is 2.31. The first kappa shape index (κ1) is 14.7. The molecule has 1 aromatic carbocycles. The van der Waals surface area contributed by atoms with Crippen LogP contribution in [-0.2, 0) is 0 Å². The number of halogens is 1. The zero-order valence-electron chi connectivity index (χ0n) is 12.1. The summed E-state index contributed by atoms with van der Waals surface area (Å²) >= 11 is 6.09. The first-order valence-corrected chi connectivity index (χ1v) is 7.06. The molecule has 0 bridgehead atoms. The third kappa shape index (κ3) is 2.75. The van der Waals surface area contributed by atoms with Crippen LogP contribution < -0.4 is 5.69 Å². The monoisotopic (exact) mass is 291 g/mol. The second-order valence-electron chi connectivity index (χ2n) is 5.11. The Morgan fingerprint density at radius 1 is 1.45 bits per heavy atom. The van der Waals surface area contributed by atoms with E-state index in [4.69, 9.17) is 11.6 Å². The van der Waals surface area contributed by atoms with E-state index in [1.54, 1.807) is 12.1 Å². The Labute approximate surface area is 123 Å². The van der Waals surface area contributed by atoms with Gasteiger partial charge in [-0.15, -0.1) is 0 Å². The number of rotatable bonds is 3. The van der Waals surface area contributed by atoms with E-state index in [9.17, 15) is 4.79 Å². The molecule has 5 heteroatoms. The van der Waals surface area contributed by atoms with E-state index in [2.05, 4.69) is 23.9 Å². The van der Waals surface area contributed by atoms with E-state index in [0.29, 0.717) is 10.5 Å². The molecule has 20 heavy (non-hydrogen) atoms. The average Bonchev–Trinajstić information content (AvgIpc) is 2.39. The first-order chi connectivity index (χ1) is 9.43. The molecule has 0 saturated carbocycles. The summed E-state index contributed by atoms with van der Waals surface area (Å²) in [5.41, 5.74) is 1.98. The van der Waals surface area contributed by atoms with Gasteiger partial charge in [-0.3, -0.25) is 0 Å². The van der Waals surface area contributed by atoms with Crippen LogP contribution in [0.15, 0.2) is 28.1 Å². The van der Waals surface area contributed by atoms with Crippen molar-refractivity contribution in [1.82, 2.24) is 9.66 Å². The summed E-state index contributed by atoms with van der Waals surface area (Å²) in [5.74, 6) is 0.190. The first-order valence-electron chi connectivity index (χ1n) is 6.68. The van der Waals surface area contributed by atoms with Gasteiger partial charge in [0.25, 0.3) is 0 Å². The molecule has 106 valence electrons. The zero-order valence-corrected chi connectivity index (χ0v) is 12.9. The van der Waals surface area contributed by atoms with Crippen LogP contribution in [0.3, 0.4) is 0 Å². The lowest BCUT2D eigenvalue weighted by atomic mass is 10.0. The summed E-state index contributed by atoms with van der Waals surface area (Å²) < 4.78 is 1.40. The Kier molecular flexibility index (Phi) is 4.23. The van der Waals surface area contributed by atoms with Crippen molar-refractivity contribution >= 4 is 28.2 Å². The number of hydrogen-bond acceptors (Lipinski definition) is 3. The van der Waals surface area contributed by atoms with E-state index in [0.717, 1.165) is 23.2 Å². The van der Waals surface area contributed by atoms with Crippen molar-refractivity contribution < 1.29 is 0 Å². The van der Waals surface area contributed by atoms with Crippen molar-refractivity contribution in [3.63, 3.8) is 0 Å². The Balaban J connectivity index is 2.93. The lowest BCUT2D eigenvalue weighted by Crippen LogP contribution is -2.25. The van der Waals surface area contributed by atoms with Crippen molar-refractivity contribution in [1.29, 1.82) is 0 Å². The van der Waals surface area contributed by atoms with E-state index in [1.165, 1.54) is 4.68 Å². The van der Waals surface area contributed by atoms with Crippen LogP contribution >= 0.6 is 11.6 Å². The summed E-state index contributed by atoms with van der Waals surface area (Å²) in [6.45, 7) is 7.87. The standard InChI is InChI=1S/C15H18ClN3O/c1-5-10(4)14-12-8-11(16)6-7-13(12)17-15(20)19(14)18-9(2)3/h6-8,10H,5H2,1-4H3. The summed E-state index contributed by atoms with van der Waals surface area (Å²) in [5, 5.41) is 5.84. The Morgan fingerprint density at radius 2 is 2.15 bits per heavy atom. The molecular formula is C15H18ClN3O. The van der Waals surface area contributed by atoms with E-state index < -0.39 is 0 Å². The number of nitrogens with zero attached hydrogens (tertiary/aromatic N) is 3. The fourth-order valence-electron chi connectivity index (χ4n) is 2.14. The minimum Gasteiger partial charge on any atom is -0.244 e. The van der Waals surface area contributed by atoms with Gasteiger partial charge in [-0.1, -0.05) is 25.4 Å². The van der Waals surface area contributed by atoms with Gasteiger partial charge >= 0.3 is 5.69 Å². The maximum absolute atomic E-state index is 12.2. The highest BCUT2D eigenvalue weighted by atomic mass is 35.5. The van der Waals surface area contributed by atoms with Crippen molar-refractivity contribution in [2.45, 2.75) is 40.0 Å². The highest BCUT2D eigenvalue weighted by molar-refractivity contribution is 6.31. The summed E-state index contributed by atoms with van der Waals surface area (Å²) in [4.78, 5) is 16.3. The molecule has 0 amide bonds. The molecule has 0 spiro atoms. The third-order valence-electron chi connectivity index (χ3n) is 3.24. The second kappa shape index (κ2) is 5.75. The Morgan fingerprint density at radius 3 is 2.75 bits per heavy atom. The second-order valence-corrected chi connectivity index (χ2v) is 5.55. The molecule has 0 radical (unpaired) electrons. The largest absolute Gasteiger partial charge is 0.369 e. The Bertz CT molecular complexity index is 730. The van der Waals surface area contributed by atoms with Crippen LogP contribution in [-0.4, -0.2) is 15.4 Å². The normalized spacial score (nSPS) is 12.4. The van der Waals surface area contributed by atoms with E-state index >= 15 is 0 Å². The van der Waals surface area contributed by atoms with Gasteiger partial charge in [0.2, 0.25) is 0 Å². The van der Waals surface area contributed by atoms with Crippen LogP contribution in [0.1, 0.15) is 45.7 Å². The molecule has 0 fully saturated rings. The SMILES string of the molecule is CCC(C)c1c2cc(Cl)ccc2nc(=O)n1N=C(C)C. The van der Waals surface area contributed by atoms with Crippen LogP contribution in [0, 0.1) is 0 Å². The molecule has 0 aliphatic rings. The molecule has 1 atom stereocenters. The third-order valence-corrected chi connectivity index (χ3v) is 3.47. The molecule has 0 aliphatic heterocycles. The van der Waals surface area contributed by atoms with Gasteiger partial charge in [0, 0.05) is 16.1 Å². The van der Waals surface area contributed by atoms with Crippen molar-refractivity contribution in [2.75, 3.05) is 0 Å². The smallest absolute Gasteiger partial charge is 0.244 e. The zero-order chi connectivity index (χ0) is 14.9. The van der Waals surface area contributed by atoms with Gasteiger partial charge in [-0.2, -0.15) is 14.8 Å². The number of hydrogen-bond donors (Lipinski definition) is 0. The van der Waals surface area contributed by atoms with Crippen LogP contribution in [0.4, 0.5) is 0 Å². The lowest BCUT2D eigenvalue weighted by molar-refractivity contribution is 0.635. The van der Waals surface area contributed by atoms with Gasteiger partial charge in [0.1, 0.15) is 0 Å². The van der Waals surface area contributed by atoms with Crippen molar-refractivity contribution in [3.8, 4) is 0 Å². The van der Waals surface area contributed by atoms with Crippen molar-refractivity contribution in [2.24, 2.45) is 5.10 Å². The molecule has 1 heterocycles. The summed E-state index contributed by atoms with van der Waals surface area (Å²) in [6, 6.07) is 5.37. The topological polar surface area (TPSA) is 47.2 Å². The number of fused-ring (bicyclic) bond motifs is 1. The molecule has 0 saturated heterocycles. The van der Waals surface area contributed by atoms with Gasteiger partial charge < -0.3 is 0 Å². The van der Waals surface area contributed by atoms with Gasteiger partial charge in [0.15, 0.2) is 0 Å². The highest BCUT2D eigenvalue weighted by Crippen LogP contribution is 2.27. The minimum absolute atomic E-state index is 0.190. The van der Waals surface area contributed by atoms with E-state index in [1.807, 2.05) is 19.9 Å².